The highest BCUT2D eigenvalue weighted by molar-refractivity contribution is 7.94. The molecule has 2 aromatic rings. The molecule has 3 rings (SSSR count). The summed E-state index contributed by atoms with van der Waals surface area (Å²) in [7, 11) is -3.76. The second kappa shape index (κ2) is 4.57. The number of nitrogens with zero attached hydrogens (tertiary/aromatic N) is 2. The van der Waals surface area contributed by atoms with Gasteiger partial charge in [0.25, 0.3) is 10.0 Å². The molecule has 0 aliphatic carbocycles. The van der Waals surface area contributed by atoms with E-state index in [1.54, 1.807) is 31.2 Å². The Labute approximate surface area is 120 Å². The van der Waals surface area contributed by atoms with E-state index in [1.807, 2.05) is 0 Å². The van der Waals surface area contributed by atoms with Gasteiger partial charge in [0.15, 0.2) is 4.21 Å². The Bertz CT molecular complexity index is 783. The minimum absolute atomic E-state index is 0.138. The van der Waals surface area contributed by atoms with Crippen molar-refractivity contribution in [1.82, 2.24) is 4.98 Å². The lowest BCUT2D eigenvalue weighted by molar-refractivity contribution is -0.115. The van der Waals surface area contributed by atoms with Crippen molar-refractivity contribution in [3.05, 3.63) is 35.5 Å². The molecule has 1 aliphatic rings. The maximum Gasteiger partial charge on any atom is 0.275 e. The zero-order valence-electron chi connectivity index (χ0n) is 10.5. The highest BCUT2D eigenvalue weighted by Crippen LogP contribution is 2.34. The van der Waals surface area contributed by atoms with Crippen molar-refractivity contribution in [3.63, 3.8) is 0 Å². The third-order valence-corrected chi connectivity index (χ3v) is 5.99. The number of thiazole rings is 1. The molecule has 0 unspecified atom stereocenters. The number of hydrogen-bond donors (Lipinski definition) is 1. The quantitative estimate of drug-likeness (QED) is 0.914. The second-order valence-electron chi connectivity index (χ2n) is 4.28. The Balaban J connectivity index is 2.13. The van der Waals surface area contributed by atoms with E-state index in [2.05, 4.69) is 10.3 Å². The fraction of sp³-hybridized carbons (Fsp3) is 0.167. The molecule has 8 heteroatoms. The number of fused-ring (bicyclic) bond motifs is 1. The number of anilines is 2. The Morgan fingerprint density at radius 2 is 2.10 bits per heavy atom. The molecule has 20 heavy (non-hydrogen) atoms. The molecule has 0 fully saturated rings. The number of aromatic nitrogens is 1. The maximum absolute atomic E-state index is 12.6. The summed E-state index contributed by atoms with van der Waals surface area (Å²) in [5.41, 5.74) is 0.965. The molecular weight excluding hydrogens is 298 g/mol. The predicted molar refractivity (Wildman–Crippen MR) is 76.5 cm³/mol. The summed E-state index contributed by atoms with van der Waals surface area (Å²) in [6.45, 7) is 1.51. The summed E-state index contributed by atoms with van der Waals surface area (Å²) >= 11 is 1.09. The van der Waals surface area contributed by atoms with Gasteiger partial charge in [-0.25, -0.2) is 13.4 Å². The first kappa shape index (κ1) is 13.1. The fourth-order valence-electron chi connectivity index (χ4n) is 1.99. The lowest BCUT2D eigenvalue weighted by Crippen LogP contribution is -2.41. The number of sulfonamides is 1. The van der Waals surface area contributed by atoms with E-state index in [0.29, 0.717) is 16.4 Å². The van der Waals surface area contributed by atoms with E-state index in [1.165, 1.54) is 6.20 Å². The van der Waals surface area contributed by atoms with E-state index in [4.69, 9.17) is 0 Å². The number of benzene rings is 1. The first-order chi connectivity index (χ1) is 9.48. The van der Waals surface area contributed by atoms with Crippen molar-refractivity contribution in [2.75, 3.05) is 16.2 Å². The van der Waals surface area contributed by atoms with E-state index in [9.17, 15) is 13.2 Å². The molecule has 1 amide bonds. The van der Waals surface area contributed by atoms with Gasteiger partial charge in [0, 0.05) is 0 Å². The standard InChI is InChI=1S/C12H11N3O3S2/c1-8-13-6-12(19-8)20(17,18)15-7-11(16)14-9-4-2-3-5-10(9)15/h2-6H,7H2,1H3,(H,14,16). The van der Waals surface area contributed by atoms with E-state index in [0.717, 1.165) is 15.6 Å². The van der Waals surface area contributed by atoms with Gasteiger partial charge in [-0.2, -0.15) is 0 Å². The average molecular weight is 309 g/mol. The minimum atomic E-state index is -3.76. The van der Waals surface area contributed by atoms with Crippen molar-refractivity contribution in [2.45, 2.75) is 11.1 Å². The molecule has 1 aromatic carbocycles. The molecule has 6 nitrogen and oxygen atoms in total. The number of para-hydroxylation sites is 2. The highest BCUT2D eigenvalue weighted by atomic mass is 32.2. The van der Waals surface area contributed by atoms with Crippen LogP contribution < -0.4 is 9.62 Å². The highest BCUT2D eigenvalue weighted by Gasteiger charge is 2.33. The van der Waals surface area contributed by atoms with E-state index < -0.39 is 10.0 Å². The van der Waals surface area contributed by atoms with Crippen LogP contribution in [0.4, 0.5) is 11.4 Å². The summed E-state index contributed by atoms with van der Waals surface area (Å²) in [6, 6.07) is 6.82. The van der Waals surface area contributed by atoms with Gasteiger partial charge in [0.05, 0.1) is 22.6 Å². The van der Waals surface area contributed by atoms with Crippen LogP contribution in [0.15, 0.2) is 34.7 Å². The number of carbonyl (C=O) groups is 1. The topological polar surface area (TPSA) is 79.4 Å². The number of nitrogens with one attached hydrogen (secondary N) is 1. The van der Waals surface area contributed by atoms with Crippen LogP contribution in [0.1, 0.15) is 5.01 Å². The summed E-state index contributed by atoms with van der Waals surface area (Å²) in [4.78, 5) is 15.7. The minimum Gasteiger partial charge on any atom is -0.323 e. The molecule has 0 atom stereocenters. The summed E-state index contributed by atoms with van der Waals surface area (Å²) in [5.74, 6) is -0.353. The Morgan fingerprint density at radius 3 is 2.80 bits per heavy atom. The molecule has 1 N–H and O–H groups in total. The van der Waals surface area contributed by atoms with Crippen molar-refractivity contribution in [1.29, 1.82) is 0 Å². The van der Waals surface area contributed by atoms with Gasteiger partial charge in [-0.1, -0.05) is 12.1 Å². The molecule has 104 valence electrons. The van der Waals surface area contributed by atoms with Crippen LogP contribution in [0, 0.1) is 6.92 Å². The monoisotopic (exact) mass is 309 g/mol. The molecule has 0 spiro atoms. The first-order valence-electron chi connectivity index (χ1n) is 5.82. The van der Waals surface area contributed by atoms with Gasteiger partial charge in [0.1, 0.15) is 6.54 Å². The van der Waals surface area contributed by atoms with Gasteiger partial charge in [-0.3, -0.25) is 9.10 Å². The van der Waals surface area contributed by atoms with Crippen molar-refractivity contribution in [2.24, 2.45) is 0 Å². The van der Waals surface area contributed by atoms with Crippen LogP contribution >= 0.6 is 11.3 Å². The third kappa shape index (κ3) is 2.06. The van der Waals surface area contributed by atoms with Crippen molar-refractivity contribution in [3.8, 4) is 0 Å². The molecule has 2 heterocycles. The lowest BCUT2D eigenvalue weighted by Gasteiger charge is -2.29. The first-order valence-corrected chi connectivity index (χ1v) is 8.08. The molecule has 0 radical (unpaired) electrons. The van der Waals surface area contributed by atoms with Crippen LogP contribution in [0.25, 0.3) is 0 Å². The smallest absolute Gasteiger partial charge is 0.275 e. The molecule has 1 aliphatic heterocycles. The van der Waals surface area contributed by atoms with Gasteiger partial charge in [-0.15, -0.1) is 11.3 Å². The number of aryl methyl sites for hydroxylation is 1. The maximum atomic E-state index is 12.6. The largest absolute Gasteiger partial charge is 0.323 e. The van der Waals surface area contributed by atoms with Crippen molar-refractivity contribution < 1.29 is 13.2 Å². The summed E-state index contributed by atoms with van der Waals surface area (Å²) < 4.78 is 26.5. The second-order valence-corrected chi connectivity index (χ2v) is 7.60. The zero-order chi connectivity index (χ0) is 14.3. The Hall–Kier alpha value is -1.93. The molecule has 0 saturated carbocycles. The van der Waals surface area contributed by atoms with Crippen molar-refractivity contribution >= 4 is 38.6 Å². The van der Waals surface area contributed by atoms with E-state index >= 15 is 0 Å². The molecular formula is C12H11N3O3S2. The number of amides is 1. The fourth-order valence-corrected chi connectivity index (χ4v) is 4.65. The van der Waals surface area contributed by atoms with Gasteiger partial charge < -0.3 is 5.32 Å². The summed E-state index contributed by atoms with van der Waals surface area (Å²) in [5, 5.41) is 3.33. The van der Waals surface area contributed by atoms with Crippen LogP contribution in [-0.2, 0) is 14.8 Å². The predicted octanol–water partition coefficient (Wildman–Crippen LogP) is 1.60. The Kier molecular flexibility index (Phi) is 2.98. The number of hydrogen-bond acceptors (Lipinski definition) is 5. The third-order valence-electron chi connectivity index (χ3n) is 2.88. The van der Waals surface area contributed by atoms with E-state index in [-0.39, 0.29) is 16.7 Å². The lowest BCUT2D eigenvalue weighted by atomic mass is 10.2. The average Bonchev–Trinajstić information content (AvgIpc) is 2.85. The van der Waals surface area contributed by atoms with Crippen LogP contribution in [0.2, 0.25) is 0 Å². The molecule has 0 saturated heterocycles. The summed E-state index contributed by atoms with van der Waals surface area (Å²) in [6.07, 6.45) is 1.32. The zero-order valence-corrected chi connectivity index (χ0v) is 12.2. The van der Waals surface area contributed by atoms with Crippen LogP contribution in [0.3, 0.4) is 0 Å². The Morgan fingerprint density at radius 1 is 1.35 bits per heavy atom. The normalized spacial score (nSPS) is 14.8. The molecule has 0 bridgehead atoms. The van der Waals surface area contributed by atoms with Gasteiger partial charge in [-0.05, 0) is 19.1 Å². The SMILES string of the molecule is Cc1ncc(S(=O)(=O)N2CC(=O)Nc3ccccc32)s1. The molecule has 1 aromatic heterocycles. The number of rotatable bonds is 2. The van der Waals surface area contributed by atoms with Gasteiger partial charge >= 0.3 is 0 Å². The van der Waals surface area contributed by atoms with Crippen LogP contribution in [-0.4, -0.2) is 25.9 Å². The van der Waals surface area contributed by atoms with Gasteiger partial charge in [0.2, 0.25) is 5.91 Å². The van der Waals surface area contributed by atoms with Crippen LogP contribution in [0.5, 0.6) is 0 Å². The number of carbonyl (C=O) groups excluding carboxylic acids is 1.